The molecule has 0 bridgehead atoms. The lowest BCUT2D eigenvalue weighted by Crippen LogP contribution is -1.88. The Morgan fingerprint density at radius 3 is 3.23 bits per heavy atom. The molecule has 0 N–H and O–H groups in total. The number of fused-ring (bicyclic) bond motifs is 1. The van der Waals surface area contributed by atoms with E-state index in [1.54, 1.807) is 7.11 Å². The number of aliphatic imine (C=N–C) groups is 1. The van der Waals surface area contributed by atoms with Crippen LogP contribution in [-0.4, -0.2) is 25.6 Å². The average Bonchev–Trinajstić information content (AvgIpc) is 2.41. The second-order valence-corrected chi connectivity index (χ2v) is 3.92. The highest BCUT2D eigenvalue weighted by Gasteiger charge is 2.05. The molecule has 1 aromatic rings. The van der Waals surface area contributed by atoms with E-state index in [2.05, 4.69) is 11.1 Å². The highest BCUT2D eigenvalue weighted by molar-refractivity contribution is 7.99. The van der Waals surface area contributed by atoms with Crippen molar-refractivity contribution in [2.45, 2.75) is 4.90 Å². The minimum absolute atomic E-state index is 0.896. The van der Waals surface area contributed by atoms with E-state index in [9.17, 15) is 0 Å². The summed E-state index contributed by atoms with van der Waals surface area (Å²) in [5.74, 6) is 1.96. The van der Waals surface area contributed by atoms with Crippen LogP contribution in [0.5, 0.6) is 5.75 Å². The number of hydrogen-bond donors (Lipinski definition) is 0. The van der Waals surface area contributed by atoms with Gasteiger partial charge in [-0.3, -0.25) is 4.99 Å². The highest BCUT2D eigenvalue weighted by atomic mass is 32.2. The third kappa shape index (κ3) is 1.86. The first kappa shape index (κ1) is 8.63. The summed E-state index contributed by atoms with van der Waals surface area (Å²) in [6, 6.07) is 6.11. The third-order valence-electron chi connectivity index (χ3n) is 1.93. The van der Waals surface area contributed by atoms with Crippen molar-refractivity contribution in [3.8, 4) is 5.75 Å². The highest BCUT2D eigenvalue weighted by Crippen LogP contribution is 2.26. The summed E-state index contributed by atoms with van der Waals surface area (Å²) >= 11 is 1.85. The Morgan fingerprint density at radius 1 is 1.46 bits per heavy atom. The van der Waals surface area contributed by atoms with E-state index >= 15 is 0 Å². The van der Waals surface area contributed by atoms with Crippen LogP contribution in [0.25, 0.3) is 0 Å². The van der Waals surface area contributed by atoms with Gasteiger partial charge in [0.25, 0.3) is 0 Å². The smallest absolute Gasteiger partial charge is 0.119 e. The Morgan fingerprint density at radius 2 is 2.38 bits per heavy atom. The summed E-state index contributed by atoms with van der Waals surface area (Å²) < 4.78 is 5.15. The van der Waals surface area contributed by atoms with Gasteiger partial charge in [0.1, 0.15) is 5.75 Å². The maximum absolute atomic E-state index is 5.15. The van der Waals surface area contributed by atoms with Gasteiger partial charge >= 0.3 is 0 Å². The molecule has 13 heavy (non-hydrogen) atoms. The summed E-state index contributed by atoms with van der Waals surface area (Å²) in [5.41, 5.74) is 1.17. The van der Waals surface area contributed by atoms with E-state index in [-0.39, 0.29) is 0 Å². The van der Waals surface area contributed by atoms with Gasteiger partial charge in [-0.05, 0) is 18.2 Å². The molecular weight excluding hydrogens is 182 g/mol. The second kappa shape index (κ2) is 3.83. The molecule has 2 nitrogen and oxygen atoms in total. The lowest BCUT2D eigenvalue weighted by Gasteiger charge is -2.04. The molecular formula is C10H11NOS. The number of nitrogens with zero attached hydrogens (tertiary/aromatic N) is 1. The molecule has 0 amide bonds. The molecule has 1 aromatic carbocycles. The fourth-order valence-corrected chi connectivity index (χ4v) is 2.12. The lowest BCUT2D eigenvalue weighted by atomic mass is 10.2. The molecule has 0 unspecified atom stereocenters. The molecule has 1 aliphatic rings. The Bertz CT molecular complexity index is 336. The van der Waals surface area contributed by atoms with Crippen LogP contribution in [0.3, 0.4) is 0 Å². The SMILES string of the molecule is COc1ccc2c(c1)C=NCCS2. The van der Waals surface area contributed by atoms with Gasteiger partial charge in [0.05, 0.1) is 7.11 Å². The van der Waals surface area contributed by atoms with Crippen molar-refractivity contribution in [1.82, 2.24) is 0 Å². The van der Waals surface area contributed by atoms with Crippen LogP contribution in [0.4, 0.5) is 0 Å². The standard InChI is InChI=1S/C10H11NOS/c1-12-9-2-3-10-8(6-9)7-11-4-5-13-10/h2-3,6-7H,4-5H2,1H3. The first-order valence-corrected chi connectivity index (χ1v) is 5.19. The summed E-state index contributed by atoms with van der Waals surface area (Å²) in [6.45, 7) is 0.904. The molecule has 0 radical (unpaired) electrons. The normalized spacial score (nSPS) is 14.8. The topological polar surface area (TPSA) is 21.6 Å². The molecule has 0 aromatic heterocycles. The van der Waals surface area contributed by atoms with E-state index in [1.165, 1.54) is 10.5 Å². The first-order chi connectivity index (χ1) is 6.40. The summed E-state index contributed by atoms with van der Waals surface area (Å²) in [6.07, 6.45) is 1.93. The van der Waals surface area contributed by atoms with Gasteiger partial charge in [-0.1, -0.05) is 0 Å². The first-order valence-electron chi connectivity index (χ1n) is 4.21. The third-order valence-corrected chi connectivity index (χ3v) is 2.99. The Balaban J connectivity index is 2.41. The Hall–Kier alpha value is -0.960. The molecule has 0 aliphatic carbocycles. The van der Waals surface area contributed by atoms with E-state index in [4.69, 9.17) is 4.74 Å². The average molecular weight is 193 g/mol. The van der Waals surface area contributed by atoms with Crippen LogP contribution in [0, 0.1) is 0 Å². The van der Waals surface area contributed by atoms with Gasteiger partial charge in [0.2, 0.25) is 0 Å². The van der Waals surface area contributed by atoms with E-state index in [1.807, 2.05) is 30.1 Å². The number of ether oxygens (including phenoxy) is 1. The van der Waals surface area contributed by atoms with Crippen LogP contribution in [-0.2, 0) is 0 Å². The molecule has 68 valence electrons. The fraction of sp³-hybridized carbons (Fsp3) is 0.300. The molecule has 0 saturated carbocycles. The molecule has 0 atom stereocenters. The molecule has 2 rings (SSSR count). The van der Waals surface area contributed by atoms with Crippen molar-refractivity contribution >= 4 is 18.0 Å². The number of benzene rings is 1. The maximum atomic E-state index is 5.15. The zero-order valence-corrected chi connectivity index (χ0v) is 8.30. The predicted molar refractivity (Wildman–Crippen MR) is 56.2 cm³/mol. The summed E-state index contributed by atoms with van der Waals surface area (Å²) in [4.78, 5) is 5.58. The van der Waals surface area contributed by atoms with Crippen LogP contribution in [0.1, 0.15) is 5.56 Å². The fourth-order valence-electron chi connectivity index (χ4n) is 1.26. The number of hydrogen-bond acceptors (Lipinski definition) is 3. The van der Waals surface area contributed by atoms with Crippen molar-refractivity contribution in [3.05, 3.63) is 23.8 Å². The molecule has 1 heterocycles. The van der Waals surface area contributed by atoms with Crippen LogP contribution < -0.4 is 4.74 Å². The van der Waals surface area contributed by atoms with Gasteiger partial charge in [0.15, 0.2) is 0 Å². The number of methoxy groups -OCH3 is 1. The van der Waals surface area contributed by atoms with Gasteiger partial charge in [-0.15, -0.1) is 11.8 Å². The number of rotatable bonds is 1. The van der Waals surface area contributed by atoms with Crippen molar-refractivity contribution < 1.29 is 4.74 Å². The molecule has 3 heteroatoms. The van der Waals surface area contributed by atoms with Gasteiger partial charge in [-0.2, -0.15) is 0 Å². The van der Waals surface area contributed by atoms with Crippen molar-refractivity contribution in [1.29, 1.82) is 0 Å². The molecule has 0 spiro atoms. The molecule has 0 fully saturated rings. The lowest BCUT2D eigenvalue weighted by molar-refractivity contribution is 0.414. The summed E-state index contributed by atoms with van der Waals surface area (Å²) in [5, 5.41) is 0. The van der Waals surface area contributed by atoms with E-state index < -0.39 is 0 Å². The van der Waals surface area contributed by atoms with Crippen molar-refractivity contribution in [2.75, 3.05) is 19.4 Å². The van der Waals surface area contributed by atoms with Gasteiger partial charge in [0, 0.05) is 29.0 Å². The Labute approximate surface area is 82.0 Å². The minimum atomic E-state index is 0.896. The maximum Gasteiger partial charge on any atom is 0.119 e. The molecule has 1 aliphatic heterocycles. The summed E-state index contributed by atoms with van der Waals surface area (Å²) in [7, 11) is 1.68. The van der Waals surface area contributed by atoms with Crippen molar-refractivity contribution in [3.63, 3.8) is 0 Å². The quantitative estimate of drug-likeness (QED) is 0.682. The Kier molecular flexibility index (Phi) is 2.54. The van der Waals surface area contributed by atoms with E-state index in [0.29, 0.717) is 0 Å². The zero-order chi connectivity index (χ0) is 9.10. The van der Waals surface area contributed by atoms with Crippen LogP contribution >= 0.6 is 11.8 Å². The monoisotopic (exact) mass is 193 g/mol. The van der Waals surface area contributed by atoms with Crippen molar-refractivity contribution in [2.24, 2.45) is 4.99 Å². The van der Waals surface area contributed by atoms with Crippen LogP contribution in [0.15, 0.2) is 28.1 Å². The number of thioether (sulfide) groups is 1. The molecule has 0 saturated heterocycles. The van der Waals surface area contributed by atoms with Gasteiger partial charge < -0.3 is 4.74 Å². The van der Waals surface area contributed by atoms with E-state index in [0.717, 1.165) is 18.0 Å². The van der Waals surface area contributed by atoms with Gasteiger partial charge in [-0.25, -0.2) is 0 Å². The van der Waals surface area contributed by atoms with Crippen LogP contribution in [0.2, 0.25) is 0 Å². The zero-order valence-electron chi connectivity index (χ0n) is 7.49. The second-order valence-electron chi connectivity index (χ2n) is 2.79. The largest absolute Gasteiger partial charge is 0.497 e. The minimum Gasteiger partial charge on any atom is -0.497 e. The predicted octanol–water partition coefficient (Wildman–Crippen LogP) is 2.22.